The van der Waals surface area contributed by atoms with Crippen molar-refractivity contribution >= 4 is 5.91 Å². The summed E-state index contributed by atoms with van der Waals surface area (Å²) < 4.78 is 0. The van der Waals surface area contributed by atoms with E-state index in [0.717, 1.165) is 0 Å². The summed E-state index contributed by atoms with van der Waals surface area (Å²) >= 11 is 0. The minimum absolute atomic E-state index is 0.0140. The normalized spacial score (nSPS) is 14.4. The maximum atomic E-state index is 11.9. The van der Waals surface area contributed by atoms with E-state index in [-0.39, 0.29) is 17.9 Å². The molecule has 0 aromatic carbocycles. The molecule has 0 unspecified atom stereocenters. The van der Waals surface area contributed by atoms with Crippen molar-refractivity contribution in [2.24, 2.45) is 10.2 Å². The number of hydrogen-bond acceptors (Lipinski definition) is 5. The first-order valence-electron chi connectivity index (χ1n) is 7.16. The Labute approximate surface area is 128 Å². The minimum atomic E-state index is -0.404. The van der Waals surface area contributed by atoms with Crippen molar-refractivity contribution in [3.63, 3.8) is 0 Å². The van der Waals surface area contributed by atoms with Crippen molar-refractivity contribution in [2.75, 3.05) is 6.54 Å². The Morgan fingerprint density at radius 2 is 2.09 bits per heavy atom. The SMILES string of the molecule is C#CCCC1(CCNC(=O)Cc2c(C)nc(C)[nH]c2=O)N=N1. The smallest absolute Gasteiger partial charge is 0.254 e. The number of H-pyrrole nitrogens is 1. The van der Waals surface area contributed by atoms with E-state index >= 15 is 0 Å². The summed E-state index contributed by atoms with van der Waals surface area (Å²) in [4.78, 5) is 30.5. The lowest BCUT2D eigenvalue weighted by molar-refractivity contribution is -0.120. The molecule has 0 saturated carbocycles. The molecule has 1 aliphatic rings. The lowest BCUT2D eigenvalue weighted by atomic mass is 10.0. The summed E-state index contributed by atoms with van der Waals surface area (Å²) in [5, 5.41) is 10.8. The standard InChI is InChI=1S/C15H19N5O2/c1-4-5-6-15(19-20-15)7-8-16-13(21)9-12-10(2)17-11(3)18-14(12)22/h1H,5-9H2,2-3H3,(H,16,21)(H,17,18,22). The number of carbonyl (C=O) groups excluding carboxylic acids is 1. The van der Waals surface area contributed by atoms with Gasteiger partial charge in [0.05, 0.1) is 6.42 Å². The van der Waals surface area contributed by atoms with Crippen LogP contribution in [0, 0.1) is 26.2 Å². The van der Waals surface area contributed by atoms with Crippen molar-refractivity contribution < 1.29 is 4.79 Å². The summed E-state index contributed by atoms with van der Waals surface area (Å²) in [5.74, 6) is 2.89. The van der Waals surface area contributed by atoms with Crippen LogP contribution in [-0.2, 0) is 11.2 Å². The van der Waals surface area contributed by atoms with Crippen molar-refractivity contribution in [1.82, 2.24) is 15.3 Å². The lowest BCUT2D eigenvalue weighted by Gasteiger charge is -2.10. The highest BCUT2D eigenvalue weighted by Gasteiger charge is 2.38. The molecular weight excluding hydrogens is 282 g/mol. The first-order valence-corrected chi connectivity index (χ1v) is 7.16. The van der Waals surface area contributed by atoms with Gasteiger partial charge in [-0.1, -0.05) is 0 Å². The largest absolute Gasteiger partial charge is 0.356 e. The van der Waals surface area contributed by atoms with Crippen molar-refractivity contribution in [3.05, 3.63) is 27.4 Å². The number of terminal acetylenes is 1. The highest BCUT2D eigenvalue weighted by atomic mass is 16.2. The highest BCUT2D eigenvalue weighted by Crippen LogP contribution is 2.35. The second-order valence-electron chi connectivity index (χ2n) is 5.38. The first kappa shape index (κ1) is 15.9. The second-order valence-corrected chi connectivity index (χ2v) is 5.38. The monoisotopic (exact) mass is 301 g/mol. The van der Waals surface area contributed by atoms with E-state index in [1.165, 1.54) is 0 Å². The van der Waals surface area contributed by atoms with Gasteiger partial charge in [-0.25, -0.2) is 4.98 Å². The molecule has 1 aliphatic heterocycles. The molecule has 116 valence electrons. The van der Waals surface area contributed by atoms with Gasteiger partial charge in [0.2, 0.25) is 5.91 Å². The molecule has 0 spiro atoms. The van der Waals surface area contributed by atoms with Gasteiger partial charge in [0.15, 0.2) is 5.66 Å². The number of nitrogens with zero attached hydrogens (tertiary/aromatic N) is 3. The zero-order valence-electron chi connectivity index (χ0n) is 12.8. The summed E-state index contributed by atoms with van der Waals surface area (Å²) in [6.45, 7) is 3.88. The Kier molecular flexibility index (Phi) is 4.71. The summed E-state index contributed by atoms with van der Waals surface area (Å²) in [6, 6.07) is 0. The molecule has 0 aliphatic carbocycles. The second kappa shape index (κ2) is 6.52. The van der Waals surface area contributed by atoms with Crippen LogP contribution in [0.25, 0.3) is 0 Å². The number of rotatable bonds is 7. The Hall–Kier alpha value is -2.49. The van der Waals surface area contributed by atoms with Crippen LogP contribution in [0.4, 0.5) is 0 Å². The Morgan fingerprint density at radius 3 is 2.68 bits per heavy atom. The molecular formula is C15H19N5O2. The molecule has 0 saturated heterocycles. The number of hydrogen-bond donors (Lipinski definition) is 2. The molecule has 1 aromatic heterocycles. The molecule has 2 rings (SSSR count). The fourth-order valence-corrected chi connectivity index (χ4v) is 2.25. The van der Waals surface area contributed by atoms with Gasteiger partial charge in [-0.3, -0.25) is 9.59 Å². The van der Waals surface area contributed by atoms with Crippen molar-refractivity contribution in [2.45, 2.75) is 45.2 Å². The van der Waals surface area contributed by atoms with E-state index in [1.54, 1.807) is 13.8 Å². The average molecular weight is 301 g/mol. The van der Waals surface area contributed by atoms with E-state index in [4.69, 9.17) is 6.42 Å². The van der Waals surface area contributed by atoms with Crippen LogP contribution in [0.5, 0.6) is 0 Å². The van der Waals surface area contributed by atoms with Crippen LogP contribution >= 0.6 is 0 Å². The molecule has 0 radical (unpaired) electrons. The van der Waals surface area contributed by atoms with Gasteiger partial charge in [0.1, 0.15) is 5.82 Å². The molecule has 22 heavy (non-hydrogen) atoms. The zero-order valence-corrected chi connectivity index (χ0v) is 12.8. The molecule has 0 bridgehead atoms. The summed E-state index contributed by atoms with van der Waals surface area (Å²) in [5.41, 5.74) is 0.302. The van der Waals surface area contributed by atoms with Crippen LogP contribution in [0.15, 0.2) is 15.0 Å². The van der Waals surface area contributed by atoms with Crippen LogP contribution in [-0.4, -0.2) is 28.1 Å². The molecule has 1 amide bonds. The quantitative estimate of drug-likeness (QED) is 0.735. The van der Waals surface area contributed by atoms with E-state index < -0.39 is 5.66 Å². The molecule has 2 heterocycles. The molecule has 1 aromatic rings. The van der Waals surface area contributed by atoms with Gasteiger partial charge in [-0.2, -0.15) is 10.2 Å². The Balaban J connectivity index is 1.82. The Morgan fingerprint density at radius 1 is 1.36 bits per heavy atom. The molecule has 7 nitrogen and oxygen atoms in total. The number of aryl methyl sites for hydroxylation is 2. The zero-order chi connectivity index (χ0) is 16.2. The topological polar surface area (TPSA) is 99.6 Å². The Bertz CT molecular complexity index is 693. The highest BCUT2D eigenvalue weighted by molar-refractivity contribution is 5.78. The minimum Gasteiger partial charge on any atom is -0.356 e. The maximum absolute atomic E-state index is 11.9. The average Bonchev–Trinajstić information content (AvgIpc) is 3.21. The summed E-state index contributed by atoms with van der Waals surface area (Å²) in [7, 11) is 0. The fraction of sp³-hybridized carbons (Fsp3) is 0.533. The van der Waals surface area contributed by atoms with E-state index in [2.05, 4.69) is 31.4 Å². The number of nitrogens with one attached hydrogen (secondary N) is 2. The first-order chi connectivity index (χ1) is 10.5. The van der Waals surface area contributed by atoms with E-state index in [9.17, 15) is 9.59 Å². The van der Waals surface area contributed by atoms with Gasteiger partial charge in [-0.15, -0.1) is 12.3 Å². The van der Waals surface area contributed by atoms with Crippen LogP contribution < -0.4 is 10.9 Å². The van der Waals surface area contributed by atoms with Gasteiger partial charge in [0, 0.05) is 37.1 Å². The van der Waals surface area contributed by atoms with Crippen LogP contribution in [0.3, 0.4) is 0 Å². The van der Waals surface area contributed by atoms with E-state index in [0.29, 0.717) is 42.9 Å². The van der Waals surface area contributed by atoms with E-state index in [1.807, 2.05) is 0 Å². The lowest BCUT2D eigenvalue weighted by Crippen LogP contribution is -2.32. The maximum Gasteiger partial charge on any atom is 0.254 e. The van der Waals surface area contributed by atoms with Crippen molar-refractivity contribution in [1.29, 1.82) is 0 Å². The van der Waals surface area contributed by atoms with Gasteiger partial charge in [0.25, 0.3) is 5.56 Å². The van der Waals surface area contributed by atoms with Crippen molar-refractivity contribution in [3.8, 4) is 12.3 Å². The molecule has 0 fully saturated rings. The molecule has 0 atom stereocenters. The third-order valence-corrected chi connectivity index (χ3v) is 3.58. The van der Waals surface area contributed by atoms with Crippen LogP contribution in [0.2, 0.25) is 0 Å². The predicted molar refractivity (Wildman–Crippen MR) is 81.3 cm³/mol. The predicted octanol–water partition coefficient (Wildman–Crippen LogP) is 1.01. The number of aromatic nitrogens is 2. The molecule has 7 heteroatoms. The number of carbonyl (C=O) groups is 1. The van der Waals surface area contributed by atoms with Gasteiger partial charge in [-0.05, 0) is 13.8 Å². The fourth-order valence-electron chi connectivity index (χ4n) is 2.25. The number of amides is 1. The third-order valence-electron chi connectivity index (χ3n) is 3.58. The van der Waals surface area contributed by atoms with Crippen LogP contribution in [0.1, 0.15) is 36.3 Å². The third kappa shape index (κ3) is 4.01. The summed E-state index contributed by atoms with van der Waals surface area (Å²) in [6.07, 6.45) is 7.19. The molecule has 2 N–H and O–H groups in total. The van der Waals surface area contributed by atoms with Gasteiger partial charge >= 0.3 is 0 Å². The van der Waals surface area contributed by atoms with Gasteiger partial charge < -0.3 is 10.3 Å². The number of aromatic amines is 1.